The van der Waals surface area contributed by atoms with Gasteiger partial charge in [-0.05, 0) is 12.3 Å². The van der Waals surface area contributed by atoms with Crippen LogP contribution in [-0.4, -0.2) is 11.9 Å². The molecule has 0 saturated heterocycles. The monoisotopic (exact) mass is 144 g/mol. The minimum atomic E-state index is -0.267. The predicted molar refractivity (Wildman–Crippen MR) is 41.2 cm³/mol. The number of hydrogen-bond acceptors (Lipinski definition) is 2. The molecule has 0 heterocycles. The Morgan fingerprint density at radius 3 is 2.30 bits per heavy atom. The van der Waals surface area contributed by atoms with E-state index in [1.54, 1.807) is 0 Å². The highest BCUT2D eigenvalue weighted by Crippen LogP contribution is 2.04. The van der Waals surface area contributed by atoms with E-state index in [0.29, 0.717) is 18.8 Å². The Balaban J connectivity index is 3.39. The van der Waals surface area contributed by atoms with Gasteiger partial charge in [-0.2, -0.15) is 0 Å². The van der Waals surface area contributed by atoms with E-state index in [1.807, 2.05) is 13.8 Å². The minimum Gasteiger partial charge on any atom is -0.370 e. The van der Waals surface area contributed by atoms with E-state index in [1.165, 1.54) is 0 Å². The zero-order chi connectivity index (χ0) is 8.15. The van der Waals surface area contributed by atoms with Crippen LogP contribution in [0.25, 0.3) is 0 Å². The van der Waals surface area contributed by atoms with Gasteiger partial charge in [-0.1, -0.05) is 13.8 Å². The Morgan fingerprint density at radius 2 is 2.00 bits per heavy atom. The molecule has 0 spiro atoms. The van der Waals surface area contributed by atoms with Crippen LogP contribution in [0.2, 0.25) is 0 Å². The van der Waals surface area contributed by atoms with E-state index >= 15 is 0 Å². The average molecular weight is 144 g/mol. The maximum atomic E-state index is 10.3. The summed E-state index contributed by atoms with van der Waals surface area (Å²) in [5, 5.41) is 0. The van der Waals surface area contributed by atoms with Crippen LogP contribution in [0, 0.1) is 5.92 Å². The molecule has 0 radical (unpaired) electrons. The van der Waals surface area contributed by atoms with Crippen LogP contribution in [0.4, 0.5) is 0 Å². The Hall–Kier alpha value is -0.570. The van der Waals surface area contributed by atoms with Crippen molar-refractivity contribution in [3.8, 4) is 0 Å². The maximum Gasteiger partial charge on any atom is 0.217 e. The van der Waals surface area contributed by atoms with Crippen LogP contribution >= 0.6 is 0 Å². The van der Waals surface area contributed by atoms with Gasteiger partial charge in [0, 0.05) is 12.5 Å². The van der Waals surface area contributed by atoms with Crippen molar-refractivity contribution in [1.29, 1.82) is 0 Å². The number of rotatable bonds is 4. The van der Waals surface area contributed by atoms with Gasteiger partial charge in [-0.15, -0.1) is 0 Å². The molecule has 1 amide bonds. The standard InChI is InChI=1S/C7H16N2O/c1-5(2)6(8)3-4-7(9)10/h5-6H,3-4,8H2,1-2H3,(H2,9,10). The molecule has 0 rings (SSSR count). The first kappa shape index (κ1) is 9.43. The third kappa shape index (κ3) is 4.32. The lowest BCUT2D eigenvalue weighted by molar-refractivity contribution is -0.118. The summed E-state index contributed by atoms with van der Waals surface area (Å²) in [6.45, 7) is 4.07. The summed E-state index contributed by atoms with van der Waals surface area (Å²) in [6.07, 6.45) is 1.10. The first-order valence-corrected chi connectivity index (χ1v) is 3.58. The van der Waals surface area contributed by atoms with Crippen LogP contribution < -0.4 is 11.5 Å². The van der Waals surface area contributed by atoms with Crippen LogP contribution in [0.3, 0.4) is 0 Å². The molecule has 10 heavy (non-hydrogen) atoms. The van der Waals surface area contributed by atoms with E-state index in [9.17, 15) is 4.79 Å². The zero-order valence-corrected chi connectivity index (χ0v) is 6.63. The highest BCUT2D eigenvalue weighted by atomic mass is 16.1. The lowest BCUT2D eigenvalue weighted by Gasteiger charge is -2.13. The van der Waals surface area contributed by atoms with Gasteiger partial charge >= 0.3 is 0 Å². The van der Waals surface area contributed by atoms with Gasteiger partial charge in [0.15, 0.2) is 0 Å². The molecule has 0 aliphatic rings. The van der Waals surface area contributed by atoms with Crippen molar-refractivity contribution in [2.75, 3.05) is 0 Å². The highest BCUT2D eigenvalue weighted by Gasteiger charge is 2.07. The third-order valence-electron chi connectivity index (χ3n) is 1.58. The first-order chi connectivity index (χ1) is 4.54. The molecule has 0 fully saturated rings. The van der Waals surface area contributed by atoms with Crippen molar-refractivity contribution >= 4 is 5.91 Å². The van der Waals surface area contributed by atoms with Crippen molar-refractivity contribution < 1.29 is 4.79 Å². The molecule has 1 unspecified atom stereocenters. The van der Waals surface area contributed by atoms with Crippen molar-refractivity contribution in [3.05, 3.63) is 0 Å². The van der Waals surface area contributed by atoms with E-state index < -0.39 is 0 Å². The summed E-state index contributed by atoms with van der Waals surface area (Å²) in [5.41, 5.74) is 10.6. The largest absolute Gasteiger partial charge is 0.370 e. The summed E-state index contributed by atoms with van der Waals surface area (Å²) in [4.78, 5) is 10.3. The Kier molecular flexibility index (Phi) is 4.03. The summed E-state index contributed by atoms with van der Waals surface area (Å²) in [7, 11) is 0. The molecule has 3 heteroatoms. The SMILES string of the molecule is CC(C)C(N)CCC(N)=O. The van der Waals surface area contributed by atoms with Crippen molar-refractivity contribution in [2.45, 2.75) is 32.7 Å². The number of carbonyl (C=O) groups is 1. The molecule has 0 saturated carbocycles. The average Bonchev–Trinajstić information content (AvgIpc) is 1.82. The number of hydrogen-bond donors (Lipinski definition) is 2. The molecule has 0 aliphatic heterocycles. The molecule has 0 aromatic heterocycles. The van der Waals surface area contributed by atoms with Crippen molar-refractivity contribution in [2.24, 2.45) is 17.4 Å². The maximum absolute atomic E-state index is 10.3. The fraction of sp³-hybridized carbons (Fsp3) is 0.857. The quantitative estimate of drug-likeness (QED) is 0.593. The number of primary amides is 1. The molecular formula is C7H16N2O. The second-order valence-electron chi connectivity index (χ2n) is 2.91. The zero-order valence-electron chi connectivity index (χ0n) is 6.63. The molecule has 1 atom stereocenters. The summed E-state index contributed by atoms with van der Waals surface area (Å²) >= 11 is 0. The van der Waals surface area contributed by atoms with E-state index in [0.717, 1.165) is 0 Å². The molecule has 4 N–H and O–H groups in total. The number of nitrogens with two attached hydrogens (primary N) is 2. The molecule has 0 aromatic rings. The van der Waals surface area contributed by atoms with E-state index in [-0.39, 0.29) is 11.9 Å². The minimum absolute atomic E-state index is 0.104. The molecular weight excluding hydrogens is 128 g/mol. The lowest BCUT2D eigenvalue weighted by Crippen LogP contribution is -2.28. The topological polar surface area (TPSA) is 69.1 Å². The highest BCUT2D eigenvalue weighted by molar-refractivity contribution is 5.73. The van der Waals surface area contributed by atoms with Gasteiger partial charge < -0.3 is 11.5 Å². The third-order valence-corrected chi connectivity index (χ3v) is 1.58. The normalized spacial score (nSPS) is 13.6. The van der Waals surface area contributed by atoms with Crippen molar-refractivity contribution in [3.63, 3.8) is 0 Å². The van der Waals surface area contributed by atoms with Crippen LogP contribution in [0.5, 0.6) is 0 Å². The molecule has 0 bridgehead atoms. The summed E-state index contributed by atoms with van der Waals surface area (Å²) < 4.78 is 0. The smallest absolute Gasteiger partial charge is 0.217 e. The van der Waals surface area contributed by atoms with Crippen molar-refractivity contribution in [1.82, 2.24) is 0 Å². The van der Waals surface area contributed by atoms with Gasteiger partial charge in [-0.3, -0.25) is 4.79 Å². The Morgan fingerprint density at radius 1 is 1.50 bits per heavy atom. The Labute approximate surface area is 61.8 Å². The molecule has 0 aliphatic carbocycles. The summed E-state index contributed by atoms with van der Waals surface area (Å²) in [5.74, 6) is 0.162. The fourth-order valence-electron chi connectivity index (χ4n) is 0.642. The number of carbonyl (C=O) groups excluding carboxylic acids is 1. The van der Waals surface area contributed by atoms with E-state index in [4.69, 9.17) is 11.5 Å². The van der Waals surface area contributed by atoms with Gasteiger partial charge in [0.1, 0.15) is 0 Å². The summed E-state index contributed by atoms with van der Waals surface area (Å²) in [6, 6.07) is 0.104. The lowest BCUT2D eigenvalue weighted by atomic mass is 10.0. The van der Waals surface area contributed by atoms with Gasteiger partial charge in [0.05, 0.1) is 0 Å². The predicted octanol–water partition coefficient (Wildman–Crippen LogP) is 0.235. The molecule has 3 nitrogen and oxygen atoms in total. The van der Waals surface area contributed by atoms with Gasteiger partial charge in [0.25, 0.3) is 0 Å². The van der Waals surface area contributed by atoms with Gasteiger partial charge in [0.2, 0.25) is 5.91 Å². The molecule has 60 valence electrons. The fourth-order valence-corrected chi connectivity index (χ4v) is 0.642. The second-order valence-corrected chi connectivity index (χ2v) is 2.91. The number of amides is 1. The Bertz CT molecular complexity index is 112. The second kappa shape index (κ2) is 4.28. The van der Waals surface area contributed by atoms with Crippen LogP contribution in [0.1, 0.15) is 26.7 Å². The first-order valence-electron chi connectivity index (χ1n) is 3.58. The van der Waals surface area contributed by atoms with Crippen LogP contribution in [0.15, 0.2) is 0 Å². The van der Waals surface area contributed by atoms with Gasteiger partial charge in [-0.25, -0.2) is 0 Å². The molecule has 0 aromatic carbocycles. The van der Waals surface area contributed by atoms with Crippen LogP contribution in [-0.2, 0) is 4.79 Å². The van der Waals surface area contributed by atoms with E-state index in [2.05, 4.69) is 0 Å².